The Morgan fingerprint density at radius 3 is 1.86 bits per heavy atom. The minimum absolute atomic E-state index is 0.137. The van der Waals surface area contributed by atoms with E-state index in [-0.39, 0.29) is 12.1 Å². The van der Waals surface area contributed by atoms with Gasteiger partial charge in [-0.2, -0.15) is 0 Å². The molecule has 0 amide bonds. The van der Waals surface area contributed by atoms with Crippen molar-refractivity contribution in [1.82, 2.24) is 0 Å². The molecule has 22 heavy (non-hydrogen) atoms. The molecule has 2 aromatic carbocycles. The Labute approximate surface area is 131 Å². The van der Waals surface area contributed by atoms with Crippen molar-refractivity contribution in [2.24, 2.45) is 0 Å². The Balaban J connectivity index is 2.03. The van der Waals surface area contributed by atoms with Crippen molar-refractivity contribution in [3.05, 3.63) is 54.1 Å². The Morgan fingerprint density at radius 1 is 0.864 bits per heavy atom. The van der Waals surface area contributed by atoms with E-state index < -0.39 is 6.10 Å². The van der Waals surface area contributed by atoms with E-state index in [9.17, 15) is 4.79 Å². The summed E-state index contributed by atoms with van der Waals surface area (Å²) < 4.78 is 10.7. The summed E-state index contributed by atoms with van der Waals surface area (Å²) in [6, 6.07) is 16.1. The highest BCUT2D eigenvalue weighted by Crippen LogP contribution is 2.23. The van der Waals surface area contributed by atoms with Gasteiger partial charge in [0, 0.05) is 0 Å². The van der Waals surface area contributed by atoms with Crippen LogP contribution in [0.5, 0.6) is 5.75 Å². The lowest BCUT2D eigenvalue weighted by Gasteiger charge is -2.16. The van der Waals surface area contributed by atoms with E-state index in [4.69, 9.17) is 9.47 Å². The topological polar surface area (TPSA) is 35.5 Å². The zero-order chi connectivity index (χ0) is 16.1. The molecular formula is C19H22O3. The van der Waals surface area contributed by atoms with E-state index in [0.29, 0.717) is 5.75 Å². The maximum absolute atomic E-state index is 11.7. The predicted octanol–water partition coefficient (Wildman–Crippen LogP) is 4.38. The van der Waals surface area contributed by atoms with Crippen LogP contribution in [-0.2, 0) is 9.53 Å². The third-order valence-electron chi connectivity index (χ3n) is 3.24. The minimum Gasteiger partial charge on any atom is -0.479 e. The van der Waals surface area contributed by atoms with Gasteiger partial charge in [0.15, 0.2) is 6.10 Å². The molecule has 0 aliphatic carbocycles. The highest BCUT2D eigenvalue weighted by Gasteiger charge is 2.17. The van der Waals surface area contributed by atoms with Gasteiger partial charge < -0.3 is 9.47 Å². The number of ether oxygens (including phenoxy) is 2. The molecule has 1 atom stereocenters. The highest BCUT2D eigenvalue weighted by atomic mass is 16.6. The Bertz CT molecular complexity index is 612. The SMILES string of the molecule is Cc1ccc(-c2ccc(O[C@@H](C)C(=O)OC(C)C)cc2)cc1. The summed E-state index contributed by atoms with van der Waals surface area (Å²) in [4.78, 5) is 11.7. The van der Waals surface area contributed by atoms with Crippen LogP contribution in [0.2, 0.25) is 0 Å². The van der Waals surface area contributed by atoms with Crippen molar-refractivity contribution in [1.29, 1.82) is 0 Å². The zero-order valence-corrected chi connectivity index (χ0v) is 13.5. The molecule has 0 saturated carbocycles. The summed E-state index contributed by atoms with van der Waals surface area (Å²) in [5.74, 6) is 0.307. The fourth-order valence-corrected chi connectivity index (χ4v) is 2.05. The largest absolute Gasteiger partial charge is 0.479 e. The molecule has 0 heterocycles. The quantitative estimate of drug-likeness (QED) is 0.768. The van der Waals surface area contributed by atoms with E-state index in [0.717, 1.165) is 11.1 Å². The Hall–Kier alpha value is -2.29. The first-order chi connectivity index (χ1) is 10.5. The van der Waals surface area contributed by atoms with Crippen LogP contribution in [-0.4, -0.2) is 18.2 Å². The van der Waals surface area contributed by atoms with E-state index in [1.165, 1.54) is 5.56 Å². The second-order valence-electron chi connectivity index (χ2n) is 5.64. The number of carbonyl (C=O) groups excluding carboxylic acids is 1. The summed E-state index contributed by atoms with van der Waals surface area (Å²) in [5.41, 5.74) is 3.51. The van der Waals surface area contributed by atoms with Gasteiger partial charge in [-0.25, -0.2) is 4.79 Å². The maximum atomic E-state index is 11.7. The number of esters is 1. The average Bonchev–Trinajstić information content (AvgIpc) is 2.48. The van der Waals surface area contributed by atoms with Crippen molar-refractivity contribution in [2.75, 3.05) is 0 Å². The number of hydrogen-bond donors (Lipinski definition) is 0. The first kappa shape index (κ1) is 16.1. The second kappa shape index (κ2) is 7.12. The first-order valence-corrected chi connectivity index (χ1v) is 7.50. The van der Waals surface area contributed by atoms with E-state index in [2.05, 4.69) is 31.2 Å². The van der Waals surface area contributed by atoms with E-state index >= 15 is 0 Å². The number of hydrogen-bond acceptors (Lipinski definition) is 3. The second-order valence-corrected chi connectivity index (χ2v) is 5.64. The van der Waals surface area contributed by atoms with Gasteiger partial charge in [-0.15, -0.1) is 0 Å². The molecule has 3 heteroatoms. The fourth-order valence-electron chi connectivity index (χ4n) is 2.05. The molecule has 2 rings (SSSR count). The van der Waals surface area contributed by atoms with Crippen molar-refractivity contribution in [3.8, 4) is 16.9 Å². The van der Waals surface area contributed by atoms with Crippen LogP contribution < -0.4 is 4.74 Å². The lowest BCUT2D eigenvalue weighted by atomic mass is 10.0. The van der Waals surface area contributed by atoms with Crippen molar-refractivity contribution in [3.63, 3.8) is 0 Å². The molecule has 0 N–H and O–H groups in total. The molecule has 0 aliphatic rings. The molecule has 0 fully saturated rings. The lowest BCUT2D eigenvalue weighted by Crippen LogP contribution is -2.28. The van der Waals surface area contributed by atoms with Gasteiger partial charge in [0.25, 0.3) is 0 Å². The third-order valence-corrected chi connectivity index (χ3v) is 3.24. The van der Waals surface area contributed by atoms with Crippen LogP contribution in [0.4, 0.5) is 0 Å². The predicted molar refractivity (Wildman–Crippen MR) is 87.9 cm³/mol. The number of rotatable bonds is 5. The van der Waals surface area contributed by atoms with Crippen LogP contribution >= 0.6 is 0 Å². The molecule has 3 nitrogen and oxygen atoms in total. The summed E-state index contributed by atoms with van der Waals surface area (Å²) in [6.07, 6.45) is -0.755. The van der Waals surface area contributed by atoms with Gasteiger partial charge in [-0.3, -0.25) is 0 Å². The summed E-state index contributed by atoms with van der Waals surface area (Å²) in [5, 5.41) is 0. The third kappa shape index (κ3) is 4.35. The molecule has 2 aromatic rings. The monoisotopic (exact) mass is 298 g/mol. The molecule has 0 saturated heterocycles. The number of carbonyl (C=O) groups is 1. The van der Waals surface area contributed by atoms with Crippen LogP contribution in [0.3, 0.4) is 0 Å². The van der Waals surface area contributed by atoms with Crippen LogP contribution in [0.15, 0.2) is 48.5 Å². The molecule has 0 spiro atoms. The normalized spacial score (nSPS) is 12.0. The maximum Gasteiger partial charge on any atom is 0.347 e. The first-order valence-electron chi connectivity index (χ1n) is 7.50. The molecule has 0 unspecified atom stereocenters. The molecule has 116 valence electrons. The Morgan fingerprint density at radius 2 is 1.36 bits per heavy atom. The molecule has 0 radical (unpaired) electrons. The highest BCUT2D eigenvalue weighted by molar-refractivity contribution is 5.74. The van der Waals surface area contributed by atoms with Crippen LogP contribution in [0, 0.1) is 6.92 Å². The van der Waals surface area contributed by atoms with Crippen LogP contribution in [0.25, 0.3) is 11.1 Å². The van der Waals surface area contributed by atoms with Crippen LogP contribution in [0.1, 0.15) is 26.3 Å². The van der Waals surface area contributed by atoms with Crippen molar-refractivity contribution >= 4 is 5.97 Å². The summed E-state index contributed by atoms with van der Waals surface area (Å²) in [7, 11) is 0. The van der Waals surface area contributed by atoms with Gasteiger partial charge in [0.05, 0.1) is 6.10 Å². The lowest BCUT2D eigenvalue weighted by molar-refractivity contribution is -0.154. The van der Waals surface area contributed by atoms with Gasteiger partial charge in [0.1, 0.15) is 5.75 Å². The van der Waals surface area contributed by atoms with Gasteiger partial charge >= 0.3 is 5.97 Å². The van der Waals surface area contributed by atoms with E-state index in [1.54, 1.807) is 6.92 Å². The summed E-state index contributed by atoms with van der Waals surface area (Å²) >= 11 is 0. The van der Waals surface area contributed by atoms with Gasteiger partial charge in [-0.1, -0.05) is 42.0 Å². The smallest absolute Gasteiger partial charge is 0.347 e. The van der Waals surface area contributed by atoms with Crippen molar-refractivity contribution in [2.45, 2.75) is 39.9 Å². The molecular weight excluding hydrogens is 276 g/mol. The van der Waals surface area contributed by atoms with E-state index in [1.807, 2.05) is 38.1 Å². The minimum atomic E-state index is -0.618. The molecule has 0 bridgehead atoms. The standard InChI is InChI=1S/C19H22O3/c1-13(2)21-19(20)15(4)22-18-11-9-17(10-12-18)16-7-5-14(3)6-8-16/h5-13,15H,1-4H3/t15-/m0/s1. The fraction of sp³-hybridized carbons (Fsp3) is 0.316. The van der Waals surface area contributed by atoms with Gasteiger partial charge in [0.2, 0.25) is 0 Å². The zero-order valence-electron chi connectivity index (χ0n) is 13.5. The number of aryl methyl sites for hydroxylation is 1. The Kier molecular flexibility index (Phi) is 5.21. The summed E-state index contributed by atoms with van der Waals surface area (Å²) in [6.45, 7) is 7.40. The average molecular weight is 298 g/mol. The van der Waals surface area contributed by atoms with Gasteiger partial charge in [-0.05, 0) is 51.0 Å². The molecule has 0 aliphatic heterocycles. The van der Waals surface area contributed by atoms with Crippen molar-refractivity contribution < 1.29 is 14.3 Å². The number of benzene rings is 2. The molecule has 0 aromatic heterocycles.